The first kappa shape index (κ1) is 39.6. The highest BCUT2D eigenvalue weighted by Crippen LogP contribution is 2.44. The van der Waals surface area contributed by atoms with Gasteiger partial charge in [-0.3, -0.25) is 0 Å². The predicted octanol–water partition coefficient (Wildman–Crippen LogP) is 11.4. The quantitative estimate of drug-likeness (QED) is 0.0741. The number of allylic oxidation sites excluding steroid dienone is 3. The van der Waals surface area contributed by atoms with Gasteiger partial charge in [0.05, 0.1) is 5.57 Å². The Balaban J connectivity index is 1.76. The third-order valence-electron chi connectivity index (χ3n) is 9.54. The molecular formula is C44H20F8N4S2. The van der Waals surface area contributed by atoms with Gasteiger partial charge in [-0.1, -0.05) is 48.5 Å². The minimum absolute atomic E-state index is 0.0993. The number of alkyl halides is 6. The van der Waals surface area contributed by atoms with Crippen molar-refractivity contribution in [3.8, 4) is 34.4 Å². The molecule has 2 aliphatic rings. The van der Waals surface area contributed by atoms with Gasteiger partial charge < -0.3 is 0 Å². The molecule has 0 aliphatic heterocycles. The van der Waals surface area contributed by atoms with Crippen molar-refractivity contribution < 1.29 is 35.1 Å². The largest absolute Gasteiger partial charge is 0.523 e. The Labute approximate surface area is 334 Å². The molecule has 0 bridgehead atoms. The summed E-state index contributed by atoms with van der Waals surface area (Å²) in [4.78, 5) is 6.77. The minimum Gasteiger partial charge on any atom is -0.207 e. The fraction of sp³-hybridized carbons (Fsp3) is 0.0909. The Morgan fingerprint density at radius 3 is 1.22 bits per heavy atom. The lowest BCUT2D eigenvalue weighted by atomic mass is 9.86. The van der Waals surface area contributed by atoms with Crippen LogP contribution in [0.5, 0.6) is 0 Å². The van der Waals surface area contributed by atoms with Crippen LogP contribution in [0.3, 0.4) is 0 Å². The molecule has 0 fully saturated rings. The van der Waals surface area contributed by atoms with Crippen molar-refractivity contribution in [2.75, 3.05) is 0 Å². The van der Waals surface area contributed by atoms with Crippen LogP contribution in [0.1, 0.15) is 22.3 Å². The molecule has 0 radical (unpaired) electrons. The lowest BCUT2D eigenvalue weighted by Crippen LogP contribution is -2.25. The summed E-state index contributed by atoms with van der Waals surface area (Å²) in [7, 11) is 0. The summed E-state index contributed by atoms with van der Waals surface area (Å²) in [6, 6.07) is 25.4. The van der Waals surface area contributed by atoms with Gasteiger partial charge in [0, 0.05) is 16.2 Å². The molecule has 0 saturated carbocycles. The number of thioether (sulfide) groups is 2. The fourth-order valence-corrected chi connectivity index (χ4v) is 8.55. The molecule has 5 aromatic rings. The van der Waals surface area contributed by atoms with Crippen LogP contribution in [0.2, 0.25) is 0 Å². The summed E-state index contributed by atoms with van der Waals surface area (Å²) in [5, 5.41) is 21.3. The molecule has 14 heteroatoms. The lowest BCUT2D eigenvalue weighted by Gasteiger charge is -2.18. The third kappa shape index (κ3) is 7.61. The maximum Gasteiger partial charge on any atom is 0.523 e. The van der Waals surface area contributed by atoms with Gasteiger partial charge in [0.1, 0.15) is 42.5 Å². The van der Waals surface area contributed by atoms with E-state index in [1.807, 2.05) is 12.1 Å². The standard InChI is InChI=1S/C44H20F8N4S2/c1-55-42(56-2)35-20-34-38(26-9-17-31(18-10-26)58-44(50,51)52)40-33(19-32(27(21-53)22-54)36(40)23-3-11-28(45)12-4-23)37(25-7-15-30(16-8-25)57-43(47,48)49)41(34)39(35)24-5-13-29(46)14-6-24/h3-18H,19-20H2. The number of halogens is 8. The number of nitrogens with zero attached hydrogens (tertiary/aromatic N) is 4. The van der Waals surface area contributed by atoms with E-state index < -0.39 is 22.7 Å². The van der Waals surface area contributed by atoms with E-state index in [1.165, 1.54) is 97.1 Å². The number of nitriles is 2. The summed E-state index contributed by atoms with van der Waals surface area (Å²) in [6.45, 7) is 15.9. The van der Waals surface area contributed by atoms with Crippen LogP contribution in [0.4, 0.5) is 35.1 Å². The molecule has 4 nitrogen and oxygen atoms in total. The molecule has 7 rings (SSSR count). The molecule has 0 saturated heterocycles. The van der Waals surface area contributed by atoms with Crippen molar-refractivity contribution in [2.45, 2.75) is 33.6 Å². The first-order valence-corrected chi connectivity index (χ1v) is 18.5. The summed E-state index contributed by atoms with van der Waals surface area (Å²) in [5.74, 6) is -1.49. The molecule has 0 N–H and O–H groups in total. The zero-order valence-corrected chi connectivity index (χ0v) is 30.9. The molecular weight excluding hydrogens is 801 g/mol. The second-order valence-electron chi connectivity index (χ2n) is 12.8. The highest BCUT2D eigenvalue weighted by molar-refractivity contribution is 8.00. The van der Waals surface area contributed by atoms with Crippen molar-refractivity contribution in [2.24, 2.45) is 0 Å². The predicted molar refractivity (Wildman–Crippen MR) is 204 cm³/mol. The van der Waals surface area contributed by atoms with Crippen molar-refractivity contribution in [1.82, 2.24) is 0 Å². The molecule has 0 aromatic heterocycles. The Morgan fingerprint density at radius 2 is 0.879 bits per heavy atom. The summed E-state index contributed by atoms with van der Waals surface area (Å²) in [6.07, 6.45) is -0.207. The highest BCUT2D eigenvalue weighted by Gasteiger charge is 2.37. The SMILES string of the molecule is [C-]#[N+]C([N+]#[C-])=C1Cc2c(-c3ccc(SC(F)(F)F)cc3)c3c(c(-c4ccc(SC(F)(F)F)cc4)c2=C1c1ccc(F)cc1)CC(=C(C#N)C#N)C=3c1ccc(F)cc1. The van der Waals surface area contributed by atoms with Gasteiger partial charge in [-0.05, 0) is 150 Å². The Morgan fingerprint density at radius 1 is 0.534 bits per heavy atom. The van der Waals surface area contributed by atoms with Crippen LogP contribution >= 0.6 is 23.5 Å². The number of benzene rings is 5. The average Bonchev–Trinajstić information content (AvgIpc) is 3.75. The Kier molecular flexibility index (Phi) is 10.5. The molecule has 284 valence electrons. The lowest BCUT2D eigenvalue weighted by molar-refractivity contribution is -0.0337. The van der Waals surface area contributed by atoms with E-state index in [0.717, 1.165) is 0 Å². The van der Waals surface area contributed by atoms with E-state index in [9.17, 15) is 45.6 Å². The Hall–Kier alpha value is -6.58. The van der Waals surface area contributed by atoms with E-state index in [0.29, 0.717) is 66.1 Å². The van der Waals surface area contributed by atoms with Gasteiger partial charge in [-0.2, -0.15) is 46.6 Å². The van der Waals surface area contributed by atoms with Gasteiger partial charge >= 0.3 is 16.8 Å². The monoisotopic (exact) mass is 820 g/mol. The Bertz CT molecular complexity index is 2650. The fourth-order valence-electron chi connectivity index (χ4n) is 7.47. The smallest absolute Gasteiger partial charge is 0.207 e. The van der Waals surface area contributed by atoms with Crippen LogP contribution in [-0.2, 0) is 12.8 Å². The minimum atomic E-state index is -4.59. The van der Waals surface area contributed by atoms with Crippen molar-refractivity contribution in [3.05, 3.63) is 187 Å². The van der Waals surface area contributed by atoms with E-state index in [2.05, 4.69) is 9.69 Å². The van der Waals surface area contributed by atoms with Gasteiger partial charge in [-0.15, -0.1) is 0 Å². The first-order valence-electron chi connectivity index (χ1n) is 16.9. The second kappa shape index (κ2) is 15.4. The second-order valence-corrected chi connectivity index (χ2v) is 15.1. The zero-order chi connectivity index (χ0) is 41.5. The van der Waals surface area contributed by atoms with Crippen molar-refractivity contribution >= 4 is 34.7 Å². The van der Waals surface area contributed by atoms with Gasteiger partial charge in [0.25, 0.3) is 0 Å². The molecule has 0 heterocycles. The number of rotatable bonds is 6. The molecule has 0 atom stereocenters. The van der Waals surface area contributed by atoms with Crippen LogP contribution in [0, 0.1) is 47.4 Å². The molecule has 0 unspecified atom stereocenters. The summed E-state index contributed by atoms with van der Waals surface area (Å²) in [5.41, 5.74) is -5.02. The van der Waals surface area contributed by atoms with E-state index >= 15 is 0 Å². The number of hydrogen-bond acceptors (Lipinski definition) is 4. The third-order valence-corrected chi connectivity index (χ3v) is 11.0. The van der Waals surface area contributed by atoms with Gasteiger partial charge in [0.15, 0.2) is 0 Å². The molecule has 2 aliphatic carbocycles. The van der Waals surface area contributed by atoms with Crippen molar-refractivity contribution in [3.63, 3.8) is 0 Å². The molecule has 0 amide bonds. The van der Waals surface area contributed by atoms with Crippen LogP contribution in [-0.4, -0.2) is 11.0 Å². The average molecular weight is 821 g/mol. The van der Waals surface area contributed by atoms with Crippen LogP contribution in [0.25, 0.3) is 43.1 Å². The maximum atomic E-state index is 14.4. The number of fused-ring (bicyclic) bond motifs is 2. The molecule has 0 spiro atoms. The van der Waals surface area contributed by atoms with Crippen molar-refractivity contribution in [1.29, 1.82) is 10.5 Å². The molecule has 5 aromatic carbocycles. The zero-order valence-electron chi connectivity index (χ0n) is 29.3. The van der Waals surface area contributed by atoms with Gasteiger partial charge in [-0.25, -0.2) is 8.78 Å². The normalized spacial score (nSPS) is 13.3. The summed E-state index contributed by atoms with van der Waals surface area (Å²) < 4.78 is 109. The number of hydrogen-bond donors (Lipinski definition) is 0. The van der Waals surface area contributed by atoms with E-state index in [4.69, 9.17) is 13.1 Å². The maximum absolute atomic E-state index is 14.4. The first-order chi connectivity index (χ1) is 27.6. The topological polar surface area (TPSA) is 56.3 Å². The highest BCUT2D eigenvalue weighted by atomic mass is 32.2. The van der Waals surface area contributed by atoms with E-state index in [1.54, 1.807) is 0 Å². The van der Waals surface area contributed by atoms with Crippen LogP contribution < -0.4 is 10.4 Å². The molecule has 58 heavy (non-hydrogen) atoms. The van der Waals surface area contributed by atoms with Gasteiger partial charge in [0.2, 0.25) is 0 Å². The summed E-state index contributed by atoms with van der Waals surface area (Å²) >= 11 is -0.647. The van der Waals surface area contributed by atoms with Crippen LogP contribution in [0.15, 0.2) is 129 Å². The van der Waals surface area contributed by atoms with E-state index in [-0.39, 0.29) is 68.7 Å².